The van der Waals surface area contributed by atoms with Crippen LogP contribution in [0.15, 0.2) is 24.3 Å². The molecule has 0 radical (unpaired) electrons. The van der Waals surface area contributed by atoms with Crippen LogP contribution in [0.4, 0.5) is 0 Å². The number of nitrogens with zero attached hydrogens (tertiary/aromatic N) is 2. The molecule has 1 aliphatic heterocycles. The molecule has 1 heterocycles. The normalized spacial score (nSPS) is 19.2. The average molecular weight is 260 g/mol. The summed E-state index contributed by atoms with van der Waals surface area (Å²) in [6.45, 7) is 7.11. The molecule has 1 unspecified atom stereocenters. The maximum absolute atomic E-state index is 12.5. The van der Waals surface area contributed by atoms with E-state index in [2.05, 4.69) is 23.8 Å². The highest BCUT2D eigenvalue weighted by Crippen LogP contribution is 2.21. The van der Waals surface area contributed by atoms with E-state index in [0.29, 0.717) is 6.04 Å². The Morgan fingerprint density at radius 2 is 2.05 bits per heavy atom. The molecule has 0 N–H and O–H groups in total. The van der Waals surface area contributed by atoms with E-state index in [1.807, 2.05) is 31.2 Å². The zero-order valence-corrected chi connectivity index (χ0v) is 12.2. The van der Waals surface area contributed by atoms with E-state index in [4.69, 9.17) is 0 Å². The van der Waals surface area contributed by atoms with Crippen LogP contribution in [-0.2, 0) is 0 Å². The van der Waals surface area contributed by atoms with E-state index in [1.54, 1.807) is 0 Å². The van der Waals surface area contributed by atoms with Gasteiger partial charge in [0.2, 0.25) is 0 Å². The fourth-order valence-electron chi connectivity index (χ4n) is 2.64. The smallest absolute Gasteiger partial charge is 0.254 e. The summed E-state index contributed by atoms with van der Waals surface area (Å²) in [5.41, 5.74) is 2.01. The fourth-order valence-corrected chi connectivity index (χ4v) is 2.64. The molecule has 1 fully saturated rings. The van der Waals surface area contributed by atoms with E-state index in [-0.39, 0.29) is 5.91 Å². The lowest BCUT2D eigenvalue weighted by Gasteiger charge is -2.28. The van der Waals surface area contributed by atoms with Crippen LogP contribution in [0.3, 0.4) is 0 Å². The summed E-state index contributed by atoms with van der Waals surface area (Å²) >= 11 is 0. The number of hydrogen-bond donors (Lipinski definition) is 0. The number of benzene rings is 1. The fraction of sp³-hybridized carbons (Fsp3) is 0.562. The van der Waals surface area contributed by atoms with Gasteiger partial charge in [0, 0.05) is 24.7 Å². The Morgan fingerprint density at radius 1 is 1.37 bits per heavy atom. The summed E-state index contributed by atoms with van der Waals surface area (Å²) in [5.74, 6) is 0.187. The maximum atomic E-state index is 12.5. The number of likely N-dealkylation sites (N-methyl/N-ethyl adjacent to an activating group) is 1. The van der Waals surface area contributed by atoms with Crippen molar-refractivity contribution in [3.63, 3.8) is 0 Å². The minimum absolute atomic E-state index is 0.187. The molecule has 1 aromatic rings. The lowest BCUT2D eigenvalue weighted by Crippen LogP contribution is -2.42. The van der Waals surface area contributed by atoms with E-state index in [9.17, 15) is 4.79 Å². The van der Waals surface area contributed by atoms with Crippen molar-refractivity contribution in [1.82, 2.24) is 9.80 Å². The van der Waals surface area contributed by atoms with Crippen molar-refractivity contribution in [3.05, 3.63) is 35.4 Å². The second-order valence-corrected chi connectivity index (χ2v) is 5.52. The molecule has 1 aliphatic rings. The molecule has 0 aliphatic carbocycles. The van der Waals surface area contributed by atoms with Gasteiger partial charge in [0.05, 0.1) is 0 Å². The van der Waals surface area contributed by atoms with Crippen LogP contribution in [0.1, 0.15) is 35.7 Å². The average Bonchev–Trinajstić information content (AvgIpc) is 2.86. The Morgan fingerprint density at radius 3 is 2.68 bits per heavy atom. The van der Waals surface area contributed by atoms with Crippen LogP contribution < -0.4 is 0 Å². The zero-order chi connectivity index (χ0) is 13.8. The van der Waals surface area contributed by atoms with Crippen molar-refractivity contribution in [2.24, 2.45) is 0 Å². The van der Waals surface area contributed by atoms with E-state index in [0.717, 1.165) is 38.0 Å². The highest BCUT2D eigenvalue weighted by atomic mass is 16.2. The molecule has 1 saturated heterocycles. The molecule has 0 saturated carbocycles. The molecule has 0 aromatic heterocycles. The van der Waals surface area contributed by atoms with Gasteiger partial charge < -0.3 is 9.80 Å². The number of aryl methyl sites for hydroxylation is 1. The minimum atomic E-state index is 0.187. The van der Waals surface area contributed by atoms with Crippen LogP contribution in [-0.4, -0.2) is 48.4 Å². The van der Waals surface area contributed by atoms with Gasteiger partial charge in [-0.25, -0.2) is 0 Å². The van der Waals surface area contributed by atoms with E-state index < -0.39 is 0 Å². The van der Waals surface area contributed by atoms with Crippen LogP contribution in [0.25, 0.3) is 0 Å². The first kappa shape index (κ1) is 14.1. The van der Waals surface area contributed by atoms with Gasteiger partial charge in [0.15, 0.2) is 0 Å². The SMILES string of the molecule is CCN(C)CC1CCCN1C(=O)c1ccc(C)cc1. The Kier molecular flexibility index (Phi) is 4.59. The van der Waals surface area contributed by atoms with Crippen LogP contribution in [0, 0.1) is 6.92 Å². The molecular formula is C16H24N2O. The van der Waals surface area contributed by atoms with Gasteiger partial charge in [-0.05, 0) is 45.5 Å². The molecule has 0 bridgehead atoms. The molecule has 1 amide bonds. The summed E-state index contributed by atoms with van der Waals surface area (Å²) in [4.78, 5) is 16.9. The highest BCUT2D eigenvalue weighted by Gasteiger charge is 2.29. The predicted molar refractivity (Wildman–Crippen MR) is 78.4 cm³/mol. The number of rotatable bonds is 4. The quantitative estimate of drug-likeness (QED) is 0.830. The van der Waals surface area contributed by atoms with Gasteiger partial charge in [-0.2, -0.15) is 0 Å². The van der Waals surface area contributed by atoms with Crippen LogP contribution >= 0.6 is 0 Å². The number of likely N-dealkylation sites (tertiary alicyclic amines) is 1. The summed E-state index contributed by atoms with van der Waals surface area (Å²) in [5, 5.41) is 0. The topological polar surface area (TPSA) is 23.6 Å². The third kappa shape index (κ3) is 3.35. The molecule has 1 atom stereocenters. The molecule has 104 valence electrons. The third-order valence-corrected chi connectivity index (χ3v) is 4.00. The van der Waals surface area contributed by atoms with Crippen molar-refractivity contribution in [2.75, 3.05) is 26.7 Å². The first-order valence-corrected chi connectivity index (χ1v) is 7.18. The molecule has 3 heteroatoms. The van der Waals surface area contributed by atoms with Gasteiger partial charge in [-0.1, -0.05) is 24.6 Å². The Labute approximate surface area is 116 Å². The van der Waals surface area contributed by atoms with Crippen LogP contribution in [0.2, 0.25) is 0 Å². The lowest BCUT2D eigenvalue weighted by molar-refractivity contribution is 0.0711. The monoisotopic (exact) mass is 260 g/mol. The molecule has 0 spiro atoms. The van der Waals surface area contributed by atoms with Gasteiger partial charge in [0.25, 0.3) is 5.91 Å². The largest absolute Gasteiger partial charge is 0.334 e. The second-order valence-electron chi connectivity index (χ2n) is 5.52. The molecule has 19 heavy (non-hydrogen) atoms. The molecule has 3 nitrogen and oxygen atoms in total. The summed E-state index contributed by atoms with van der Waals surface area (Å²) in [7, 11) is 2.12. The number of carbonyl (C=O) groups is 1. The van der Waals surface area contributed by atoms with Crippen molar-refractivity contribution in [3.8, 4) is 0 Å². The Balaban J connectivity index is 2.07. The number of hydrogen-bond acceptors (Lipinski definition) is 2. The Hall–Kier alpha value is -1.35. The van der Waals surface area contributed by atoms with Crippen molar-refractivity contribution < 1.29 is 4.79 Å². The van der Waals surface area contributed by atoms with Gasteiger partial charge >= 0.3 is 0 Å². The van der Waals surface area contributed by atoms with E-state index >= 15 is 0 Å². The maximum Gasteiger partial charge on any atom is 0.254 e. The van der Waals surface area contributed by atoms with Crippen molar-refractivity contribution in [2.45, 2.75) is 32.7 Å². The number of amides is 1. The summed E-state index contributed by atoms with van der Waals surface area (Å²) in [6, 6.07) is 8.28. The third-order valence-electron chi connectivity index (χ3n) is 4.00. The standard InChI is InChI=1S/C16H24N2O/c1-4-17(3)12-15-6-5-11-18(15)16(19)14-9-7-13(2)8-10-14/h7-10,15H,4-6,11-12H2,1-3H3. The minimum Gasteiger partial charge on any atom is -0.334 e. The van der Waals surface area contributed by atoms with Gasteiger partial charge in [-0.3, -0.25) is 4.79 Å². The Bertz CT molecular complexity index is 427. The first-order chi connectivity index (χ1) is 9.11. The van der Waals surface area contributed by atoms with E-state index in [1.165, 1.54) is 5.56 Å². The highest BCUT2D eigenvalue weighted by molar-refractivity contribution is 5.94. The van der Waals surface area contributed by atoms with Crippen molar-refractivity contribution >= 4 is 5.91 Å². The summed E-state index contributed by atoms with van der Waals surface area (Å²) < 4.78 is 0. The molecular weight excluding hydrogens is 236 g/mol. The summed E-state index contributed by atoms with van der Waals surface area (Å²) in [6.07, 6.45) is 2.25. The van der Waals surface area contributed by atoms with Gasteiger partial charge in [0.1, 0.15) is 0 Å². The second kappa shape index (κ2) is 6.20. The molecule has 2 rings (SSSR count). The predicted octanol–water partition coefficient (Wildman–Crippen LogP) is 2.55. The zero-order valence-electron chi connectivity index (χ0n) is 12.2. The number of carbonyl (C=O) groups excluding carboxylic acids is 1. The first-order valence-electron chi connectivity index (χ1n) is 7.18. The molecule has 1 aromatic carbocycles. The van der Waals surface area contributed by atoms with Gasteiger partial charge in [-0.15, -0.1) is 0 Å². The van der Waals surface area contributed by atoms with Crippen molar-refractivity contribution in [1.29, 1.82) is 0 Å². The van der Waals surface area contributed by atoms with Crippen LogP contribution in [0.5, 0.6) is 0 Å². The lowest BCUT2D eigenvalue weighted by atomic mass is 10.1.